The quantitative estimate of drug-likeness (QED) is 0.738. The number of benzene rings is 1. The second-order valence-electron chi connectivity index (χ2n) is 7.03. The van der Waals surface area contributed by atoms with Gasteiger partial charge >= 0.3 is 0 Å². The Morgan fingerprint density at radius 3 is 2.69 bits per heavy atom. The molecule has 1 aliphatic rings. The summed E-state index contributed by atoms with van der Waals surface area (Å²) in [6.45, 7) is 7.93. The van der Waals surface area contributed by atoms with Gasteiger partial charge in [0.1, 0.15) is 11.6 Å². The summed E-state index contributed by atoms with van der Waals surface area (Å²) in [5.74, 6) is 1.72. The Morgan fingerprint density at radius 1 is 1.23 bits per heavy atom. The fourth-order valence-corrected chi connectivity index (χ4v) is 4.75. The van der Waals surface area contributed by atoms with Crippen LogP contribution < -0.4 is 4.74 Å². The monoisotopic (exact) mass is 372 g/mol. The predicted molar refractivity (Wildman–Crippen MR) is 102 cm³/mol. The standard InChI is InChI=1S/C19H24N4O2S/c1-12(2)25-15-8-6-7-14(11-15)16(22-9-4-5-10-22)17-18(24)23-19(26-17)20-13(3)21-23/h6-8,11-12,16,24H,4-5,9-10H2,1-3H3. The highest BCUT2D eigenvalue weighted by molar-refractivity contribution is 7.17. The number of hydrogen-bond donors (Lipinski definition) is 1. The number of aromatic nitrogens is 3. The van der Waals surface area contributed by atoms with Crippen molar-refractivity contribution in [2.45, 2.75) is 45.8 Å². The van der Waals surface area contributed by atoms with Crippen molar-refractivity contribution >= 4 is 16.3 Å². The van der Waals surface area contributed by atoms with Gasteiger partial charge in [-0.3, -0.25) is 4.90 Å². The van der Waals surface area contributed by atoms with Crippen molar-refractivity contribution in [3.8, 4) is 11.6 Å². The lowest BCUT2D eigenvalue weighted by molar-refractivity contribution is 0.240. The van der Waals surface area contributed by atoms with E-state index in [9.17, 15) is 5.11 Å². The molecule has 0 spiro atoms. The molecule has 138 valence electrons. The Kier molecular flexibility index (Phi) is 4.58. The van der Waals surface area contributed by atoms with Crippen molar-refractivity contribution in [3.05, 3.63) is 40.5 Å². The summed E-state index contributed by atoms with van der Waals surface area (Å²) in [5, 5.41) is 15.1. The molecule has 0 amide bonds. The fourth-order valence-electron chi connectivity index (χ4n) is 3.58. The van der Waals surface area contributed by atoms with Gasteiger partial charge in [-0.05, 0) is 64.4 Å². The Morgan fingerprint density at radius 2 is 2.00 bits per heavy atom. The van der Waals surface area contributed by atoms with Crippen molar-refractivity contribution in [2.75, 3.05) is 13.1 Å². The SMILES string of the molecule is Cc1nc2sc(C(c3cccc(OC(C)C)c3)N3CCCC3)c(O)n2n1. The Hall–Kier alpha value is -2.12. The van der Waals surface area contributed by atoms with Crippen molar-refractivity contribution < 1.29 is 9.84 Å². The maximum Gasteiger partial charge on any atom is 0.230 e. The minimum Gasteiger partial charge on any atom is -0.492 e. The number of aromatic hydroxyl groups is 1. The normalized spacial score (nSPS) is 16.6. The minimum absolute atomic E-state index is 0.0120. The van der Waals surface area contributed by atoms with Gasteiger partial charge in [0, 0.05) is 0 Å². The second-order valence-corrected chi connectivity index (χ2v) is 8.04. The van der Waals surface area contributed by atoms with E-state index >= 15 is 0 Å². The molecule has 4 rings (SSSR count). The topological polar surface area (TPSA) is 62.9 Å². The van der Waals surface area contributed by atoms with Gasteiger partial charge in [-0.25, -0.2) is 4.98 Å². The molecular formula is C19H24N4O2S. The first-order valence-corrected chi connectivity index (χ1v) is 9.90. The molecule has 6 nitrogen and oxygen atoms in total. The van der Waals surface area contributed by atoms with Gasteiger partial charge in [0.25, 0.3) is 0 Å². The van der Waals surface area contributed by atoms with Crippen LogP contribution in [-0.2, 0) is 0 Å². The van der Waals surface area contributed by atoms with Gasteiger partial charge in [-0.15, -0.1) is 5.10 Å². The van der Waals surface area contributed by atoms with Crippen LogP contribution in [0.2, 0.25) is 0 Å². The number of aryl methyl sites for hydroxylation is 1. The maximum absolute atomic E-state index is 10.8. The molecule has 3 aromatic rings. The van der Waals surface area contributed by atoms with Crippen LogP contribution in [-0.4, -0.2) is 43.8 Å². The number of nitrogens with zero attached hydrogens (tertiary/aromatic N) is 4. The zero-order valence-corrected chi connectivity index (χ0v) is 16.2. The number of likely N-dealkylation sites (tertiary alicyclic amines) is 1. The molecule has 1 unspecified atom stereocenters. The molecule has 0 saturated carbocycles. The van der Waals surface area contributed by atoms with E-state index in [0.717, 1.165) is 34.2 Å². The third-order valence-corrected chi connectivity index (χ3v) is 5.68. The Labute approximate surface area is 157 Å². The molecule has 1 atom stereocenters. The van der Waals surface area contributed by atoms with Gasteiger partial charge < -0.3 is 9.84 Å². The van der Waals surface area contributed by atoms with Crippen molar-refractivity contribution in [1.29, 1.82) is 0 Å². The lowest BCUT2D eigenvalue weighted by Gasteiger charge is -2.27. The summed E-state index contributed by atoms with van der Waals surface area (Å²) in [6.07, 6.45) is 2.49. The molecule has 1 N–H and O–H groups in total. The highest BCUT2D eigenvalue weighted by Crippen LogP contribution is 2.41. The lowest BCUT2D eigenvalue weighted by atomic mass is 10.0. The smallest absolute Gasteiger partial charge is 0.230 e. The van der Waals surface area contributed by atoms with Gasteiger partial charge in [-0.2, -0.15) is 4.52 Å². The van der Waals surface area contributed by atoms with Crippen LogP contribution in [0.1, 0.15) is 49.0 Å². The molecule has 1 saturated heterocycles. The van der Waals surface area contributed by atoms with E-state index in [0.29, 0.717) is 5.82 Å². The molecule has 0 radical (unpaired) electrons. The first-order chi connectivity index (χ1) is 12.5. The minimum atomic E-state index is -0.0120. The van der Waals surface area contributed by atoms with Crippen molar-refractivity contribution in [1.82, 2.24) is 19.5 Å². The zero-order chi connectivity index (χ0) is 18.3. The highest BCUT2D eigenvalue weighted by Gasteiger charge is 2.31. The van der Waals surface area contributed by atoms with E-state index in [4.69, 9.17) is 4.74 Å². The average molecular weight is 372 g/mol. The average Bonchev–Trinajstić information content (AvgIpc) is 3.28. The molecule has 0 bridgehead atoms. The first-order valence-electron chi connectivity index (χ1n) is 9.08. The van der Waals surface area contributed by atoms with E-state index < -0.39 is 0 Å². The van der Waals surface area contributed by atoms with Crippen molar-refractivity contribution in [3.63, 3.8) is 0 Å². The van der Waals surface area contributed by atoms with E-state index in [-0.39, 0.29) is 18.0 Å². The van der Waals surface area contributed by atoms with E-state index in [1.807, 2.05) is 32.9 Å². The molecular weight excluding hydrogens is 348 g/mol. The van der Waals surface area contributed by atoms with Crippen molar-refractivity contribution in [2.24, 2.45) is 0 Å². The van der Waals surface area contributed by atoms with Crippen LogP contribution in [0.3, 0.4) is 0 Å². The molecule has 26 heavy (non-hydrogen) atoms. The van der Waals surface area contributed by atoms with Crippen LogP contribution in [0, 0.1) is 6.92 Å². The molecule has 2 aromatic heterocycles. The summed E-state index contributed by atoms with van der Waals surface area (Å²) in [7, 11) is 0. The number of ether oxygens (including phenoxy) is 1. The molecule has 1 fully saturated rings. The Balaban J connectivity index is 1.79. The predicted octanol–water partition coefficient (Wildman–Crippen LogP) is 3.78. The summed E-state index contributed by atoms with van der Waals surface area (Å²) in [4.78, 5) is 8.47. The fraction of sp³-hybridized carbons (Fsp3) is 0.474. The van der Waals surface area contributed by atoms with Crippen LogP contribution in [0.5, 0.6) is 11.6 Å². The van der Waals surface area contributed by atoms with Gasteiger partial charge in [0.15, 0.2) is 0 Å². The summed E-state index contributed by atoms with van der Waals surface area (Å²) in [5.41, 5.74) is 1.13. The number of thiazole rings is 1. The molecule has 1 aromatic carbocycles. The molecule has 3 heterocycles. The third kappa shape index (κ3) is 3.17. The van der Waals surface area contributed by atoms with E-state index in [1.165, 1.54) is 24.2 Å². The Bertz CT molecular complexity index is 912. The van der Waals surface area contributed by atoms with Crippen LogP contribution >= 0.6 is 11.3 Å². The number of hydrogen-bond acceptors (Lipinski definition) is 6. The largest absolute Gasteiger partial charge is 0.492 e. The van der Waals surface area contributed by atoms with E-state index in [2.05, 4.69) is 27.1 Å². The highest BCUT2D eigenvalue weighted by atomic mass is 32.1. The van der Waals surface area contributed by atoms with Crippen LogP contribution in [0.25, 0.3) is 4.96 Å². The molecule has 0 aliphatic carbocycles. The summed E-state index contributed by atoms with van der Waals surface area (Å²) in [6, 6.07) is 8.19. The summed E-state index contributed by atoms with van der Waals surface area (Å²) >= 11 is 1.51. The van der Waals surface area contributed by atoms with Gasteiger partial charge in [0.2, 0.25) is 10.8 Å². The first kappa shape index (κ1) is 17.3. The van der Waals surface area contributed by atoms with Gasteiger partial charge in [0.05, 0.1) is 17.0 Å². The third-order valence-electron chi connectivity index (χ3n) is 4.61. The molecule has 7 heteroatoms. The zero-order valence-electron chi connectivity index (χ0n) is 15.3. The lowest BCUT2D eigenvalue weighted by Crippen LogP contribution is -2.26. The van der Waals surface area contributed by atoms with Crippen LogP contribution in [0.4, 0.5) is 0 Å². The number of fused-ring (bicyclic) bond motifs is 1. The van der Waals surface area contributed by atoms with Gasteiger partial charge in [-0.1, -0.05) is 23.5 Å². The number of rotatable bonds is 5. The summed E-state index contributed by atoms with van der Waals surface area (Å²) < 4.78 is 7.43. The van der Waals surface area contributed by atoms with E-state index in [1.54, 1.807) is 4.52 Å². The molecule has 1 aliphatic heterocycles. The second kappa shape index (κ2) is 6.89. The maximum atomic E-state index is 10.8. The van der Waals surface area contributed by atoms with Crippen LogP contribution in [0.15, 0.2) is 24.3 Å².